The van der Waals surface area contributed by atoms with Gasteiger partial charge in [-0.15, -0.1) is 37.0 Å². The lowest BCUT2D eigenvalue weighted by atomic mass is 9.84. The molecule has 1 aliphatic carbocycles. The number of ether oxygens (including phenoxy) is 1. The van der Waals surface area contributed by atoms with E-state index in [0.717, 1.165) is 42.7 Å². The number of nitrogens with two attached hydrogens (primary N) is 2. The summed E-state index contributed by atoms with van der Waals surface area (Å²) < 4.78 is 5.77. The third-order valence-corrected chi connectivity index (χ3v) is 7.15. The number of aliphatic imine (C=N–C) groups is 1. The highest BCUT2D eigenvalue weighted by molar-refractivity contribution is 7.16. The zero-order chi connectivity index (χ0) is 26.0. The number of likely N-dealkylation sites (N-methyl/N-ethyl adjacent to an activating group) is 1. The van der Waals surface area contributed by atoms with Gasteiger partial charge in [-0.3, -0.25) is 0 Å². The largest absolute Gasteiger partial charge is 0.462 e. The molecule has 35 heavy (non-hydrogen) atoms. The van der Waals surface area contributed by atoms with Crippen LogP contribution in [0.15, 0.2) is 17.3 Å². The van der Waals surface area contributed by atoms with Crippen LogP contribution in [0.2, 0.25) is 0 Å². The molecule has 5 N–H and O–H groups in total. The zero-order valence-electron chi connectivity index (χ0n) is 19.8. The molecule has 2 aromatic rings. The van der Waals surface area contributed by atoms with E-state index in [1.54, 1.807) is 12.3 Å². The number of hydrogen-bond donors (Lipinski definition) is 3. The first-order valence-corrected chi connectivity index (χ1v) is 11.9. The normalized spacial score (nSPS) is 20.2. The van der Waals surface area contributed by atoms with Crippen molar-refractivity contribution in [3.63, 3.8) is 0 Å². The maximum absolute atomic E-state index is 10.8. The highest BCUT2D eigenvalue weighted by atomic mass is 32.1. The van der Waals surface area contributed by atoms with Gasteiger partial charge >= 0.3 is 6.01 Å². The monoisotopic (exact) mass is 493 g/mol. The third-order valence-electron chi connectivity index (χ3n) is 6.05. The number of aliphatic hydroxyl groups excluding tert-OH is 1. The Morgan fingerprint density at radius 3 is 2.77 bits per heavy atom. The quantitative estimate of drug-likeness (QED) is 0.315. The molecule has 4 rings (SSSR count). The molecule has 184 valence electrons. The number of fused-ring (bicyclic) bond motifs is 1. The van der Waals surface area contributed by atoms with E-state index in [4.69, 9.17) is 16.2 Å². The Labute approximate surface area is 210 Å². The lowest BCUT2D eigenvalue weighted by molar-refractivity contribution is 0.144. The predicted molar refractivity (Wildman–Crippen MR) is 139 cm³/mol. The first kappa shape index (κ1) is 27.6. The Balaban J connectivity index is 0.00000103. The molecule has 2 aliphatic rings. The van der Waals surface area contributed by atoms with Crippen LogP contribution < -0.4 is 16.2 Å². The molecule has 1 saturated heterocycles. The van der Waals surface area contributed by atoms with Gasteiger partial charge in [0, 0.05) is 23.0 Å². The van der Waals surface area contributed by atoms with Gasteiger partial charge in [0.1, 0.15) is 29.2 Å². The number of nitrogens with zero attached hydrogens (tertiary/aromatic N) is 5. The van der Waals surface area contributed by atoms with Crippen molar-refractivity contribution in [2.75, 3.05) is 25.9 Å². The van der Waals surface area contributed by atoms with E-state index in [1.807, 2.05) is 0 Å². The number of rotatable bonds is 6. The summed E-state index contributed by atoms with van der Waals surface area (Å²) in [6, 6.07) is 4.40. The van der Waals surface area contributed by atoms with Crippen LogP contribution in [0.25, 0.3) is 0 Å². The van der Waals surface area contributed by atoms with Gasteiger partial charge in [0.05, 0.1) is 5.56 Å². The Hall–Kier alpha value is -3.62. The van der Waals surface area contributed by atoms with E-state index in [1.165, 1.54) is 11.3 Å². The topological polar surface area (TPSA) is 147 Å². The highest BCUT2D eigenvalue weighted by Gasteiger charge is 2.32. The number of terminal acetylenes is 2. The summed E-state index contributed by atoms with van der Waals surface area (Å²) in [5.41, 5.74) is 13.8. The second-order valence-corrected chi connectivity index (χ2v) is 9.17. The second-order valence-electron chi connectivity index (χ2n) is 8.03. The molecule has 0 aromatic carbocycles. The van der Waals surface area contributed by atoms with Crippen LogP contribution in [0.3, 0.4) is 0 Å². The van der Waals surface area contributed by atoms with Crippen molar-refractivity contribution in [1.82, 2.24) is 14.9 Å². The lowest BCUT2D eigenvalue weighted by Crippen LogP contribution is -2.31. The molecule has 1 fully saturated rings. The number of anilines is 1. The van der Waals surface area contributed by atoms with Gasteiger partial charge in [-0.2, -0.15) is 10.2 Å². The number of likely N-dealkylation sites (tertiary alicyclic amines) is 1. The number of aliphatic hydroxyl groups is 1. The average molecular weight is 494 g/mol. The van der Waals surface area contributed by atoms with Gasteiger partial charge < -0.3 is 26.2 Å². The highest BCUT2D eigenvalue weighted by Crippen LogP contribution is 2.43. The van der Waals surface area contributed by atoms with Crippen molar-refractivity contribution in [1.29, 1.82) is 5.26 Å². The van der Waals surface area contributed by atoms with Gasteiger partial charge in [-0.25, -0.2) is 9.98 Å². The van der Waals surface area contributed by atoms with Gasteiger partial charge in [-0.05, 0) is 57.3 Å². The second kappa shape index (κ2) is 13.3. The molecule has 0 bridgehead atoms. The maximum atomic E-state index is 10.8. The Kier molecular flexibility index (Phi) is 10.5. The molecule has 3 heterocycles. The standard InChI is InChI=1S/C21H27N7O2S.2C2H2/c1-28-9-3-4-12(28)11-30-21-25-8-7-15(26-21)18(23)27-20(29)13-5-2-6-16-17(13)14(10-22)19(24)31-16;2*1-2/h7-8,12-13,20,29H,2-6,9,11,24H2,1H3,(H2,23,27);2*1-2H/t12-,13?,20?;;/m0../s1. The predicted octanol–water partition coefficient (Wildman–Crippen LogP) is 2.11. The summed E-state index contributed by atoms with van der Waals surface area (Å²) in [6.45, 7) is 1.58. The van der Waals surface area contributed by atoms with Crippen LogP contribution in [-0.2, 0) is 6.42 Å². The van der Waals surface area contributed by atoms with Crippen molar-refractivity contribution >= 4 is 22.2 Å². The van der Waals surface area contributed by atoms with E-state index >= 15 is 0 Å². The molecular formula is C25H31N7O2S. The summed E-state index contributed by atoms with van der Waals surface area (Å²) in [4.78, 5) is 16.1. The number of amidine groups is 1. The Morgan fingerprint density at radius 1 is 1.37 bits per heavy atom. The van der Waals surface area contributed by atoms with Crippen molar-refractivity contribution in [2.24, 2.45) is 10.7 Å². The molecule has 0 spiro atoms. The van der Waals surface area contributed by atoms with Crippen molar-refractivity contribution in [3.8, 4) is 37.8 Å². The number of aryl methyl sites for hydroxylation is 1. The first-order chi connectivity index (χ1) is 17.0. The number of nitrogen functional groups attached to an aromatic ring is 1. The van der Waals surface area contributed by atoms with Crippen LogP contribution in [0.1, 0.15) is 53.3 Å². The van der Waals surface area contributed by atoms with Crippen LogP contribution in [0, 0.1) is 37.0 Å². The SMILES string of the molecule is C#C.C#C.CN1CCC[C@H]1COc1nccc(/C(N)=N/C(O)C2CCCc3sc(N)c(C#N)c32)n1. The van der Waals surface area contributed by atoms with Crippen LogP contribution >= 0.6 is 11.3 Å². The molecular weight excluding hydrogens is 462 g/mol. The molecule has 9 nitrogen and oxygen atoms in total. The summed E-state index contributed by atoms with van der Waals surface area (Å²) in [6.07, 6.45) is 21.2. The van der Waals surface area contributed by atoms with Crippen molar-refractivity contribution in [2.45, 2.75) is 50.3 Å². The van der Waals surface area contributed by atoms with Crippen molar-refractivity contribution < 1.29 is 9.84 Å². The van der Waals surface area contributed by atoms with Gasteiger partial charge in [0.25, 0.3) is 0 Å². The summed E-state index contributed by atoms with van der Waals surface area (Å²) in [7, 11) is 2.08. The Morgan fingerprint density at radius 2 is 2.11 bits per heavy atom. The van der Waals surface area contributed by atoms with Crippen molar-refractivity contribution in [3.05, 3.63) is 34.0 Å². The minimum absolute atomic E-state index is 0.103. The maximum Gasteiger partial charge on any atom is 0.317 e. The minimum atomic E-state index is -1.09. The van der Waals surface area contributed by atoms with E-state index in [0.29, 0.717) is 35.3 Å². The van der Waals surface area contributed by atoms with Gasteiger partial charge in [0.15, 0.2) is 6.23 Å². The van der Waals surface area contributed by atoms with Crippen LogP contribution in [0.5, 0.6) is 6.01 Å². The third kappa shape index (κ3) is 6.49. The van der Waals surface area contributed by atoms with E-state index in [9.17, 15) is 10.4 Å². The fraction of sp³-hybridized carbons (Fsp3) is 0.440. The zero-order valence-corrected chi connectivity index (χ0v) is 20.6. The Bertz CT molecular complexity index is 1100. The van der Waals surface area contributed by atoms with E-state index in [2.05, 4.69) is 58.7 Å². The van der Waals surface area contributed by atoms with Crippen LogP contribution in [-0.4, -0.2) is 58.3 Å². The number of thiophene rings is 1. The lowest BCUT2D eigenvalue weighted by Gasteiger charge is -2.25. The van der Waals surface area contributed by atoms with Gasteiger partial charge in [-0.1, -0.05) is 0 Å². The summed E-state index contributed by atoms with van der Waals surface area (Å²) in [5.74, 6) is -0.215. The molecule has 0 saturated carbocycles. The molecule has 10 heteroatoms. The molecule has 0 radical (unpaired) electrons. The number of aromatic nitrogens is 2. The fourth-order valence-corrected chi connectivity index (χ4v) is 5.47. The minimum Gasteiger partial charge on any atom is -0.462 e. The molecule has 3 atom stereocenters. The smallest absolute Gasteiger partial charge is 0.317 e. The summed E-state index contributed by atoms with van der Waals surface area (Å²) in [5, 5.41) is 20.8. The molecule has 1 aliphatic heterocycles. The number of hydrogen-bond acceptors (Lipinski definition) is 9. The molecule has 2 aromatic heterocycles. The molecule has 2 unspecified atom stereocenters. The molecule has 0 amide bonds. The number of nitriles is 1. The van der Waals surface area contributed by atoms with E-state index in [-0.39, 0.29) is 17.8 Å². The van der Waals surface area contributed by atoms with Crippen LogP contribution in [0.4, 0.5) is 5.00 Å². The average Bonchev–Trinajstić information content (AvgIpc) is 3.46. The van der Waals surface area contributed by atoms with Gasteiger partial charge in [0.2, 0.25) is 0 Å². The fourth-order valence-electron chi connectivity index (χ4n) is 4.34. The summed E-state index contributed by atoms with van der Waals surface area (Å²) >= 11 is 1.42. The first-order valence-electron chi connectivity index (χ1n) is 11.1. The van der Waals surface area contributed by atoms with E-state index < -0.39 is 6.23 Å².